The Bertz CT molecular complexity index is 951. The molecule has 0 aliphatic carbocycles. The third-order valence-electron chi connectivity index (χ3n) is 3.42. The molecular weight excluding hydrogens is 435 g/mol. The van der Waals surface area contributed by atoms with Crippen molar-refractivity contribution in [3.05, 3.63) is 51.5 Å². The molecule has 0 unspecified atom stereocenters. The Morgan fingerprint density at radius 2 is 1.81 bits per heavy atom. The molecule has 2 aromatic carbocycles. The summed E-state index contributed by atoms with van der Waals surface area (Å²) in [5.74, 6) is -0.223. The fraction of sp³-hybridized carbons (Fsp3) is 0.235. The van der Waals surface area contributed by atoms with Crippen LogP contribution in [0.2, 0.25) is 15.1 Å². The molecule has 0 fully saturated rings. The van der Waals surface area contributed by atoms with Crippen molar-refractivity contribution < 1.29 is 17.9 Å². The van der Waals surface area contributed by atoms with Gasteiger partial charge < -0.3 is 10.1 Å². The summed E-state index contributed by atoms with van der Waals surface area (Å²) in [5.41, 5.74) is 0.282. The highest BCUT2D eigenvalue weighted by atomic mass is 35.5. The van der Waals surface area contributed by atoms with Crippen molar-refractivity contribution in [1.29, 1.82) is 0 Å². The first-order valence-electron chi connectivity index (χ1n) is 7.84. The van der Waals surface area contributed by atoms with Gasteiger partial charge in [-0.1, -0.05) is 34.8 Å². The SMILES string of the molecule is CCOc1ccc(S(=O)(=O)N[C@@H](C)C(=O)Nc2cc(Cl)ccc2Cl)cc1Cl. The molecule has 0 aliphatic heterocycles. The van der Waals surface area contributed by atoms with E-state index in [0.717, 1.165) is 0 Å². The molecule has 0 spiro atoms. The van der Waals surface area contributed by atoms with Gasteiger partial charge in [-0.25, -0.2) is 8.42 Å². The highest BCUT2D eigenvalue weighted by molar-refractivity contribution is 7.89. The second-order valence-corrected chi connectivity index (χ2v) is 8.45. The first-order valence-corrected chi connectivity index (χ1v) is 10.5. The van der Waals surface area contributed by atoms with Gasteiger partial charge in [0.05, 0.1) is 33.3 Å². The number of sulfonamides is 1. The van der Waals surface area contributed by atoms with E-state index in [1.807, 2.05) is 0 Å². The zero-order valence-corrected chi connectivity index (χ0v) is 17.5. The molecule has 10 heteroatoms. The lowest BCUT2D eigenvalue weighted by Crippen LogP contribution is -2.41. The number of hydrogen-bond donors (Lipinski definition) is 2. The molecule has 27 heavy (non-hydrogen) atoms. The number of amides is 1. The highest BCUT2D eigenvalue weighted by Crippen LogP contribution is 2.28. The Labute approximate surface area is 172 Å². The van der Waals surface area contributed by atoms with Gasteiger partial charge in [-0.05, 0) is 50.2 Å². The van der Waals surface area contributed by atoms with Crippen molar-refractivity contribution in [3.8, 4) is 5.75 Å². The maximum absolute atomic E-state index is 12.5. The molecule has 0 saturated carbocycles. The van der Waals surface area contributed by atoms with Crippen LogP contribution in [0.25, 0.3) is 0 Å². The second-order valence-electron chi connectivity index (χ2n) is 5.48. The molecular formula is C17H17Cl3N2O4S. The summed E-state index contributed by atoms with van der Waals surface area (Å²) in [6.07, 6.45) is 0. The average Bonchev–Trinajstić information content (AvgIpc) is 2.59. The van der Waals surface area contributed by atoms with Gasteiger partial charge in [-0.2, -0.15) is 4.72 Å². The van der Waals surface area contributed by atoms with E-state index in [1.54, 1.807) is 13.0 Å². The first-order chi connectivity index (χ1) is 12.6. The molecule has 1 atom stereocenters. The van der Waals surface area contributed by atoms with E-state index in [4.69, 9.17) is 39.5 Å². The molecule has 0 aliphatic rings. The van der Waals surface area contributed by atoms with Crippen LogP contribution in [0.3, 0.4) is 0 Å². The number of ether oxygens (including phenoxy) is 1. The van der Waals surface area contributed by atoms with Gasteiger partial charge in [0.1, 0.15) is 5.75 Å². The number of rotatable bonds is 7. The fourth-order valence-electron chi connectivity index (χ4n) is 2.11. The maximum atomic E-state index is 12.5. The van der Waals surface area contributed by atoms with E-state index in [1.165, 1.54) is 37.3 Å². The van der Waals surface area contributed by atoms with E-state index >= 15 is 0 Å². The van der Waals surface area contributed by atoms with Crippen LogP contribution in [0, 0.1) is 0 Å². The Kier molecular flexibility index (Phi) is 7.36. The number of halogens is 3. The van der Waals surface area contributed by atoms with E-state index < -0.39 is 22.0 Å². The number of carbonyl (C=O) groups excluding carboxylic acids is 1. The normalized spacial score (nSPS) is 12.5. The third-order valence-corrected chi connectivity index (χ3v) is 5.82. The number of carbonyl (C=O) groups is 1. The van der Waals surface area contributed by atoms with Gasteiger partial charge in [0.25, 0.3) is 0 Å². The lowest BCUT2D eigenvalue weighted by atomic mass is 10.3. The van der Waals surface area contributed by atoms with Gasteiger partial charge in [0.2, 0.25) is 15.9 Å². The molecule has 2 rings (SSSR count). The van der Waals surface area contributed by atoms with Crippen molar-refractivity contribution >= 4 is 56.4 Å². The van der Waals surface area contributed by atoms with Crippen LogP contribution in [0.4, 0.5) is 5.69 Å². The smallest absolute Gasteiger partial charge is 0.242 e. The van der Waals surface area contributed by atoms with Crippen molar-refractivity contribution in [1.82, 2.24) is 4.72 Å². The molecule has 0 bridgehead atoms. The Balaban J connectivity index is 2.13. The van der Waals surface area contributed by atoms with Gasteiger partial charge in [0, 0.05) is 5.02 Å². The first kappa shape index (κ1) is 21.8. The summed E-state index contributed by atoms with van der Waals surface area (Å²) < 4.78 is 32.6. The van der Waals surface area contributed by atoms with Gasteiger partial charge >= 0.3 is 0 Å². The lowest BCUT2D eigenvalue weighted by molar-refractivity contribution is -0.117. The third kappa shape index (κ3) is 5.73. The summed E-state index contributed by atoms with van der Waals surface area (Å²) in [5, 5.41) is 3.35. The van der Waals surface area contributed by atoms with E-state index in [-0.39, 0.29) is 20.6 Å². The van der Waals surface area contributed by atoms with Crippen LogP contribution in [-0.2, 0) is 14.8 Å². The molecule has 1 amide bonds. The van der Waals surface area contributed by atoms with Crippen LogP contribution in [0.15, 0.2) is 41.3 Å². The summed E-state index contributed by atoms with van der Waals surface area (Å²) >= 11 is 17.9. The van der Waals surface area contributed by atoms with Crippen molar-refractivity contribution in [2.24, 2.45) is 0 Å². The minimum Gasteiger partial charge on any atom is -0.492 e. The number of hydrogen-bond acceptors (Lipinski definition) is 4. The summed E-state index contributed by atoms with van der Waals surface area (Å²) in [7, 11) is -3.98. The maximum Gasteiger partial charge on any atom is 0.242 e. The van der Waals surface area contributed by atoms with Crippen LogP contribution >= 0.6 is 34.8 Å². The van der Waals surface area contributed by atoms with Crippen LogP contribution < -0.4 is 14.8 Å². The molecule has 0 radical (unpaired) electrons. The van der Waals surface area contributed by atoms with Crippen LogP contribution in [0.5, 0.6) is 5.75 Å². The molecule has 0 aromatic heterocycles. The van der Waals surface area contributed by atoms with E-state index in [2.05, 4.69) is 10.0 Å². The predicted molar refractivity (Wildman–Crippen MR) is 107 cm³/mol. The predicted octanol–water partition coefficient (Wildman–Crippen LogP) is 4.35. The van der Waals surface area contributed by atoms with E-state index in [0.29, 0.717) is 17.4 Å². The average molecular weight is 452 g/mol. The monoisotopic (exact) mass is 450 g/mol. The Morgan fingerprint density at radius 3 is 2.44 bits per heavy atom. The van der Waals surface area contributed by atoms with Gasteiger partial charge in [-0.15, -0.1) is 0 Å². The minimum absolute atomic E-state index is 0.0867. The summed E-state index contributed by atoms with van der Waals surface area (Å²) in [6.45, 7) is 3.59. The minimum atomic E-state index is -3.98. The van der Waals surface area contributed by atoms with Crippen LogP contribution in [0.1, 0.15) is 13.8 Å². The van der Waals surface area contributed by atoms with Crippen molar-refractivity contribution in [2.75, 3.05) is 11.9 Å². The zero-order valence-electron chi connectivity index (χ0n) is 14.4. The molecule has 0 saturated heterocycles. The molecule has 6 nitrogen and oxygen atoms in total. The van der Waals surface area contributed by atoms with Gasteiger partial charge in [-0.3, -0.25) is 4.79 Å². The quantitative estimate of drug-likeness (QED) is 0.655. The number of anilines is 1. The van der Waals surface area contributed by atoms with Crippen molar-refractivity contribution in [2.45, 2.75) is 24.8 Å². The molecule has 146 valence electrons. The highest BCUT2D eigenvalue weighted by Gasteiger charge is 2.23. The standard InChI is InChI=1S/C17H17Cl3N2O4S/c1-3-26-16-7-5-12(9-14(16)20)27(24,25)22-10(2)17(23)21-15-8-11(18)4-6-13(15)19/h4-10,22H,3H2,1-2H3,(H,21,23)/t10-/m0/s1. The number of benzene rings is 2. The molecule has 0 heterocycles. The zero-order chi connectivity index (χ0) is 20.2. The van der Waals surface area contributed by atoms with Gasteiger partial charge in [0.15, 0.2) is 0 Å². The number of nitrogens with one attached hydrogen (secondary N) is 2. The summed E-state index contributed by atoms with van der Waals surface area (Å²) in [4.78, 5) is 12.2. The second kappa shape index (κ2) is 9.12. The summed E-state index contributed by atoms with van der Waals surface area (Å²) in [6, 6.07) is 7.55. The lowest BCUT2D eigenvalue weighted by Gasteiger charge is -2.16. The van der Waals surface area contributed by atoms with Crippen molar-refractivity contribution in [3.63, 3.8) is 0 Å². The fourth-order valence-corrected chi connectivity index (χ4v) is 3.98. The Morgan fingerprint density at radius 1 is 1.11 bits per heavy atom. The molecule has 2 aromatic rings. The van der Waals surface area contributed by atoms with Crippen LogP contribution in [-0.4, -0.2) is 27.0 Å². The topological polar surface area (TPSA) is 84.5 Å². The Hall–Kier alpha value is -1.51. The molecule has 2 N–H and O–H groups in total. The largest absolute Gasteiger partial charge is 0.492 e. The van der Waals surface area contributed by atoms with E-state index in [9.17, 15) is 13.2 Å².